The van der Waals surface area contributed by atoms with E-state index in [1.807, 2.05) is 22.9 Å². The Morgan fingerprint density at radius 2 is 2.00 bits per heavy atom. The number of aromatic nitrogens is 5. The average Bonchev–Trinajstić information content (AvgIpc) is 3.18. The third-order valence-corrected chi connectivity index (χ3v) is 4.46. The van der Waals surface area contributed by atoms with Crippen molar-refractivity contribution >= 4 is 34.0 Å². The molecule has 0 fully saturated rings. The van der Waals surface area contributed by atoms with Crippen molar-refractivity contribution in [3.63, 3.8) is 0 Å². The highest BCUT2D eigenvalue weighted by atomic mass is 16.4. The quantitative estimate of drug-likeness (QED) is 0.511. The zero-order chi connectivity index (χ0) is 18.1. The Morgan fingerprint density at radius 1 is 1.12 bits per heavy atom. The zero-order valence-corrected chi connectivity index (χ0v) is 14.6. The van der Waals surface area contributed by atoms with Crippen molar-refractivity contribution in [3.8, 4) is 11.3 Å². The molecule has 0 radical (unpaired) electrons. The lowest BCUT2D eigenvalue weighted by Gasteiger charge is -2.02. The Morgan fingerprint density at radius 3 is 2.85 bits per heavy atom. The van der Waals surface area contributed by atoms with Crippen LogP contribution in [0.1, 0.15) is 32.6 Å². The summed E-state index contributed by atoms with van der Waals surface area (Å²) in [4.78, 5) is 12.7. The number of benzene rings is 1. The van der Waals surface area contributed by atoms with E-state index >= 15 is 0 Å². The Labute approximate surface area is 150 Å². The molecule has 4 aromatic rings. The second-order valence-corrected chi connectivity index (χ2v) is 6.32. The van der Waals surface area contributed by atoms with Gasteiger partial charge in [0.1, 0.15) is 23.4 Å². The summed E-state index contributed by atoms with van der Waals surface area (Å²) in [5.41, 5.74) is 15.5. The molecule has 0 spiro atoms. The monoisotopic (exact) mass is 351 g/mol. The molecule has 0 amide bonds. The maximum atomic E-state index is 6.14. The van der Waals surface area contributed by atoms with Gasteiger partial charge < -0.3 is 15.9 Å². The number of hydrogen-bond acceptors (Lipinski definition) is 7. The average molecular weight is 351 g/mol. The molecule has 0 atom stereocenters. The third-order valence-electron chi connectivity index (χ3n) is 4.46. The van der Waals surface area contributed by atoms with E-state index in [2.05, 4.69) is 21.9 Å². The van der Waals surface area contributed by atoms with Crippen LogP contribution in [-0.4, -0.2) is 24.7 Å². The van der Waals surface area contributed by atoms with Crippen molar-refractivity contribution in [2.75, 3.05) is 11.5 Å². The largest absolute Gasteiger partial charge is 0.424 e. The van der Waals surface area contributed by atoms with Crippen LogP contribution in [0, 0.1) is 0 Å². The molecule has 0 unspecified atom stereocenters. The molecule has 0 aliphatic carbocycles. The minimum atomic E-state index is 0.145. The number of nitrogen functional groups attached to an aromatic ring is 2. The Balaban J connectivity index is 1.80. The van der Waals surface area contributed by atoms with Gasteiger partial charge in [-0.1, -0.05) is 26.2 Å². The first kappa shape index (κ1) is 16.3. The molecule has 1 aromatic carbocycles. The first-order valence-electron chi connectivity index (χ1n) is 8.81. The number of nitrogens with zero attached hydrogens (tertiary/aromatic N) is 5. The van der Waals surface area contributed by atoms with Gasteiger partial charge in [-0.25, -0.2) is 14.6 Å². The van der Waals surface area contributed by atoms with Crippen LogP contribution in [0.3, 0.4) is 0 Å². The van der Waals surface area contributed by atoms with Crippen molar-refractivity contribution in [1.29, 1.82) is 0 Å². The van der Waals surface area contributed by atoms with Gasteiger partial charge in [0.05, 0.1) is 5.39 Å². The number of nitrogens with two attached hydrogens (primary N) is 2. The van der Waals surface area contributed by atoms with E-state index in [-0.39, 0.29) is 6.01 Å². The molecular weight excluding hydrogens is 330 g/mol. The predicted molar refractivity (Wildman–Crippen MR) is 101 cm³/mol. The Hall–Kier alpha value is -3.16. The van der Waals surface area contributed by atoms with Crippen LogP contribution in [0.15, 0.2) is 28.9 Å². The molecule has 4 N–H and O–H groups in total. The van der Waals surface area contributed by atoms with Crippen LogP contribution in [0.2, 0.25) is 0 Å². The lowest BCUT2D eigenvalue weighted by molar-refractivity contribution is 0.551. The Kier molecular flexibility index (Phi) is 4.16. The van der Waals surface area contributed by atoms with Gasteiger partial charge in [0.25, 0.3) is 6.01 Å². The van der Waals surface area contributed by atoms with Crippen molar-refractivity contribution in [2.45, 2.75) is 39.2 Å². The first-order chi connectivity index (χ1) is 12.7. The van der Waals surface area contributed by atoms with Crippen LogP contribution in [-0.2, 0) is 6.54 Å². The summed E-state index contributed by atoms with van der Waals surface area (Å²) in [6.45, 7) is 2.99. The predicted octanol–water partition coefficient (Wildman–Crippen LogP) is 3.38. The number of rotatable bonds is 6. The van der Waals surface area contributed by atoms with Crippen LogP contribution in [0.4, 0.5) is 11.8 Å². The second kappa shape index (κ2) is 6.62. The minimum absolute atomic E-state index is 0.145. The fraction of sp³-hybridized carbons (Fsp3) is 0.333. The highest BCUT2D eigenvalue weighted by Crippen LogP contribution is 2.32. The van der Waals surface area contributed by atoms with Gasteiger partial charge in [0, 0.05) is 12.1 Å². The molecule has 3 aromatic heterocycles. The number of oxazole rings is 1. The summed E-state index contributed by atoms with van der Waals surface area (Å²) in [7, 11) is 0. The van der Waals surface area contributed by atoms with E-state index in [1.54, 1.807) is 0 Å². The number of hydrogen-bond donors (Lipinski definition) is 2. The lowest BCUT2D eigenvalue weighted by atomic mass is 10.1. The molecule has 26 heavy (non-hydrogen) atoms. The van der Waals surface area contributed by atoms with Crippen LogP contribution < -0.4 is 11.5 Å². The third kappa shape index (κ3) is 2.83. The molecule has 3 heterocycles. The molecule has 8 heteroatoms. The van der Waals surface area contributed by atoms with E-state index in [9.17, 15) is 0 Å². The minimum Gasteiger partial charge on any atom is -0.424 e. The topological polar surface area (TPSA) is 122 Å². The zero-order valence-electron chi connectivity index (χ0n) is 14.6. The number of aryl methyl sites for hydroxylation is 1. The summed E-state index contributed by atoms with van der Waals surface area (Å²) in [6, 6.07) is 5.79. The van der Waals surface area contributed by atoms with Crippen LogP contribution >= 0.6 is 0 Å². The molecule has 0 bridgehead atoms. The molecular formula is C18H21N7O. The fourth-order valence-corrected chi connectivity index (χ4v) is 3.17. The van der Waals surface area contributed by atoms with Crippen LogP contribution in [0.5, 0.6) is 0 Å². The maximum absolute atomic E-state index is 6.14. The van der Waals surface area contributed by atoms with Gasteiger partial charge in [0.15, 0.2) is 11.2 Å². The molecule has 0 aliphatic rings. The summed E-state index contributed by atoms with van der Waals surface area (Å²) >= 11 is 0. The fourth-order valence-electron chi connectivity index (χ4n) is 3.17. The van der Waals surface area contributed by atoms with Gasteiger partial charge in [-0.2, -0.15) is 10.1 Å². The molecule has 4 rings (SSSR count). The first-order valence-corrected chi connectivity index (χ1v) is 8.81. The smallest absolute Gasteiger partial charge is 0.292 e. The number of anilines is 2. The molecule has 8 nitrogen and oxygen atoms in total. The van der Waals surface area contributed by atoms with E-state index in [1.165, 1.54) is 19.2 Å². The molecule has 0 saturated carbocycles. The maximum Gasteiger partial charge on any atom is 0.292 e. The van der Waals surface area contributed by atoms with Crippen molar-refractivity contribution in [3.05, 3.63) is 24.5 Å². The van der Waals surface area contributed by atoms with Gasteiger partial charge in [-0.15, -0.1) is 0 Å². The normalized spacial score (nSPS) is 11.6. The van der Waals surface area contributed by atoms with Crippen molar-refractivity contribution < 1.29 is 4.42 Å². The number of fused-ring (bicyclic) bond motifs is 2. The lowest BCUT2D eigenvalue weighted by Crippen LogP contribution is -2.02. The van der Waals surface area contributed by atoms with Gasteiger partial charge >= 0.3 is 0 Å². The van der Waals surface area contributed by atoms with Gasteiger partial charge in [-0.05, 0) is 24.6 Å². The summed E-state index contributed by atoms with van der Waals surface area (Å²) in [5.74, 6) is 0.421. The van der Waals surface area contributed by atoms with Crippen molar-refractivity contribution in [2.24, 2.45) is 0 Å². The molecule has 0 aliphatic heterocycles. The van der Waals surface area contributed by atoms with E-state index in [0.29, 0.717) is 16.9 Å². The van der Waals surface area contributed by atoms with Crippen molar-refractivity contribution in [1.82, 2.24) is 24.7 Å². The SMILES string of the molecule is CCCCCCn1nc(-c2ccc3oc(N)nc3c2)c2c(N)ncnc21. The van der Waals surface area contributed by atoms with Crippen LogP contribution in [0.25, 0.3) is 33.4 Å². The highest BCUT2D eigenvalue weighted by Gasteiger charge is 2.17. The summed E-state index contributed by atoms with van der Waals surface area (Å²) < 4.78 is 7.26. The molecule has 134 valence electrons. The molecule has 0 saturated heterocycles. The highest BCUT2D eigenvalue weighted by molar-refractivity contribution is 5.99. The number of unbranched alkanes of at least 4 members (excludes halogenated alkanes) is 3. The van der Waals surface area contributed by atoms with Gasteiger partial charge in [-0.3, -0.25) is 0 Å². The van der Waals surface area contributed by atoms with Gasteiger partial charge in [0.2, 0.25) is 0 Å². The second-order valence-electron chi connectivity index (χ2n) is 6.32. The Bertz CT molecular complexity index is 1070. The summed E-state index contributed by atoms with van der Waals surface area (Å²) in [6.07, 6.45) is 6.10. The summed E-state index contributed by atoms with van der Waals surface area (Å²) in [5, 5.41) is 5.54. The van der Waals surface area contributed by atoms with E-state index in [4.69, 9.17) is 21.0 Å². The van der Waals surface area contributed by atoms with E-state index < -0.39 is 0 Å². The van der Waals surface area contributed by atoms with E-state index in [0.717, 1.165) is 41.7 Å². The standard InChI is InChI=1S/C18H21N7O/c1-2-3-4-5-8-25-17-14(16(19)21-10-22-17)15(24-25)11-6-7-13-12(9-11)23-18(20)26-13/h6-7,9-10H,2-5,8H2,1H3,(H2,20,23)(H2,19,21,22).